The van der Waals surface area contributed by atoms with Crippen molar-refractivity contribution in [1.82, 2.24) is 9.88 Å². The van der Waals surface area contributed by atoms with Crippen molar-refractivity contribution in [2.24, 2.45) is 0 Å². The molecular weight excluding hydrogens is 416 g/mol. The quantitative estimate of drug-likeness (QED) is 0.390. The summed E-state index contributed by atoms with van der Waals surface area (Å²) in [5.74, 6) is 0. The van der Waals surface area contributed by atoms with Crippen molar-refractivity contribution in [1.29, 1.82) is 0 Å². The zero-order valence-corrected chi connectivity index (χ0v) is 20.9. The minimum absolute atomic E-state index is 0.0195. The third-order valence-electron chi connectivity index (χ3n) is 6.35. The van der Waals surface area contributed by atoms with Crippen molar-refractivity contribution in [2.75, 3.05) is 18.0 Å². The molecule has 2 rings (SSSR count). The molecule has 1 amide bonds. The highest BCUT2D eigenvalue weighted by Crippen LogP contribution is 2.40. The average molecular weight is 453 g/mol. The number of anilines is 1. The lowest BCUT2D eigenvalue weighted by Gasteiger charge is -2.50. The number of hydrogen-bond acceptors (Lipinski definition) is 6. The summed E-state index contributed by atoms with van der Waals surface area (Å²) < 4.78 is 6.71. The Balaban J connectivity index is 2.47. The van der Waals surface area contributed by atoms with Crippen LogP contribution in [0.5, 0.6) is 0 Å². The number of rotatable bonds is 5. The first-order valence-electron chi connectivity index (χ1n) is 10.6. The van der Waals surface area contributed by atoms with Crippen molar-refractivity contribution in [3.8, 4) is 0 Å². The molecule has 1 aliphatic rings. The Kier molecular flexibility index (Phi) is 7.06. The number of amides is 1. The summed E-state index contributed by atoms with van der Waals surface area (Å²) in [6.45, 7) is 17.2. The molecule has 31 heavy (non-hydrogen) atoms. The van der Waals surface area contributed by atoms with Crippen molar-refractivity contribution in [3.05, 3.63) is 28.6 Å². The van der Waals surface area contributed by atoms with Gasteiger partial charge in [0.1, 0.15) is 11.9 Å². The van der Waals surface area contributed by atoms with Gasteiger partial charge in [-0.3, -0.25) is 20.0 Å². The molecular formula is C21H36N4O5Si. The fourth-order valence-corrected chi connectivity index (χ4v) is 5.17. The van der Waals surface area contributed by atoms with Crippen LogP contribution in [0.2, 0.25) is 18.1 Å². The van der Waals surface area contributed by atoms with E-state index in [0.29, 0.717) is 25.2 Å². The highest BCUT2D eigenvalue weighted by Gasteiger charge is 2.47. The number of piperidine rings is 1. The van der Waals surface area contributed by atoms with Crippen molar-refractivity contribution >= 4 is 25.8 Å². The Hall–Kier alpha value is -2.20. The molecule has 0 radical (unpaired) electrons. The largest absolute Gasteiger partial charge is 0.465 e. The van der Waals surface area contributed by atoms with Gasteiger partial charge >= 0.3 is 11.8 Å². The molecule has 0 bridgehead atoms. The number of hydrogen-bond donors (Lipinski definition) is 1. The predicted octanol–water partition coefficient (Wildman–Crippen LogP) is 4.74. The average Bonchev–Trinajstić information content (AvgIpc) is 2.60. The van der Waals surface area contributed by atoms with E-state index in [1.165, 1.54) is 17.3 Å². The standard InChI is InChI=1S/C21H36N4O5Si/c1-20(2,3)24(19(26)27)17-14-23(15-9-11-22-13-16(15)25(28)29)12-10-18(17)30-31(7,8)21(4,5)6/h9,11,13,17-18H,10,12,14H2,1-8H3,(H,26,27)/t17-,18-/m0/s1. The van der Waals surface area contributed by atoms with E-state index in [2.05, 4.69) is 38.8 Å². The Morgan fingerprint density at radius 3 is 2.42 bits per heavy atom. The summed E-state index contributed by atoms with van der Waals surface area (Å²) in [6.07, 6.45) is 2.03. The zero-order chi connectivity index (χ0) is 23.8. The van der Waals surface area contributed by atoms with Crippen molar-refractivity contribution in [2.45, 2.75) is 83.8 Å². The highest BCUT2D eigenvalue weighted by atomic mass is 28.4. The summed E-state index contributed by atoms with van der Waals surface area (Å²) in [6, 6.07) is 1.15. The van der Waals surface area contributed by atoms with E-state index in [4.69, 9.17) is 4.43 Å². The second-order valence-corrected chi connectivity index (χ2v) is 15.4. The summed E-state index contributed by atoms with van der Waals surface area (Å²) in [7, 11) is -2.16. The molecule has 1 fully saturated rings. The lowest BCUT2D eigenvalue weighted by Crippen LogP contribution is -2.64. The monoisotopic (exact) mass is 452 g/mol. The molecule has 1 N–H and O–H groups in total. The van der Waals surface area contributed by atoms with E-state index in [0.717, 1.165) is 0 Å². The molecule has 1 saturated heterocycles. The number of carbonyl (C=O) groups is 1. The maximum atomic E-state index is 12.3. The van der Waals surface area contributed by atoms with Crippen LogP contribution >= 0.6 is 0 Å². The number of nitro groups is 1. The molecule has 10 heteroatoms. The zero-order valence-electron chi connectivity index (χ0n) is 19.9. The smallest absolute Gasteiger partial charge is 0.408 e. The maximum Gasteiger partial charge on any atom is 0.408 e. The number of nitrogens with zero attached hydrogens (tertiary/aromatic N) is 4. The Morgan fingerprint density at radius 2 is 1.94 bits per heavy atom. The Labute approximate surface area is 185 Å². The van der Waals surface area contributed by atoms with Gasteiger partial charge in [0.15, 0.2) is 8.32 Å². The minimum Gasteiger partial charge on any atom is -0.465 e. The Bertz CT molecular complexity index is 819. The van der Waals surface area contributed by atoms with Crippen LogP contribution in [0, 0.1) is 10.1 Å². The fraction of sp³-hybridized carbons (Fsp3) is 0.714. The molecule has 1 aliphatic heterocycles. The molecule has 0 saturated carbocycles. The first kappa shape index (κ1) is 25.1. The number of pyridine rings is 1. The van der Waals surface area contributed by atoms with Crippen LogP contribution in [-0.2, 0) is 4.43 Å². The number of aromatic nitrogens is 1. The highest BCUT2D eigenvalue weighted by molar-refractivity contribution is 6.74. The molecule has 174 valence electrons. The van der Waals surface area contributed by atoms with Gasteiger partial charge in [-0.25, -0.2) is 4.79 Å². The molecule has 1 aromatic rings. The van der Waals surface area contributed by atoms with E-state index in [-0.39, 0.29) is 16.8 Å². The topological polar surface area (TPSA) is 109 Å². The lowest BCUT2D eigenvalue weighted by atomic mass is 9.95. The van der Waals surface area contributed by atoms with Crippen LogP contribution in [0.4, 0.5) is 16.2 Å². The minimum atomic E-state index is -2.16. The Morgan fingerprint density at radius 1 is 1.32 bits per heavy atom. The summed E-state index contributed by atoms with van der Waals surface area (Å²) in [4.78, 5) is 30.6. The number of carboxylic acid groups (broad SMARTS) is 1. The normalized spacial score (nSPS) is 20.5. The first-order valence-corrected chi connectivity index (χ1v) is 13.5. The van der Waals surface area contributed by atoms with Gasteiger partial charge in [-0.1, -0.05) is 20.8 Å². The molecule has 2 heterocycles. The third kappa shape index (κ3) is 5.54. The molecule has 1 aromatic heterocycles. The van der Waals surface area contributed by atoms with E-state index < -0.39 is 30.9 Å². The maximum absolute atomic E-state index is 12.3. The van der Waals surface area contributed by atoms with Crippen LogP contribution in [0.25, 0.3) is 0 Å². The second-order valence-electron chi connectivity index (χ2n) is 10.7. The SMILES string of the molecule is CC(C)(C)N(C(=O)O)[C@H]1CN(c2ccncc2[N+](=O)[O-])CC[C@@H]1O[Si](C)(C)C(C)(C)C. The first-order chi connectivity index (χ1) is 14.1. The lowest BCUT2D eigenvalue weighted by molar-refractivity contribution is -0.384. The van der Waals surface area contributed by atoms with Crippen LogP contribution in [0.1, 0.15) is 48.0 Å². The molecule has 9 nitrogen and oxygen atoms in total. The van der Waals surface area contributed by atoms with E-state index in [9.17, 15) is 20.0 Å². The van der Waals surface area contributed by atoms with Crippen molar-refractivity contribution in [3.63, 3.8) is 0 Å². The van der Waals surface area contributed by atoms with Gasteiger partial charge in [0.25, 0.3) is 0 Å². The fourth-order valence-electron chi connectivity index (χ4n) is 3.78. The second kappa shape index (κ2) is 8.74. The van der Waals surface area contributed by atoms with E-state index in [1.54, 1.807) is 6.07 Å². The summed E-state index contributed by atoms with van der Waals surface area (Å²) in [5, 5.41) is 21.6. The molecule has 0 spiro atoms. The van der Waals surface area contributed by atoms with Gasteiger partial charge in [-0.2, -0.15) is 0 Å². The van der Waals surface area contributed by atoms with E-state index in [1.807, 2.05) is 25.7 Å². The van der Waals surface area contributed by atoms with Gasteiger partial charge < -0.3 is 14.4 Å². The van der Waals surface area contributed by atoms with Crippen LogP contribution in [-0.4, -0.2) is 65.1 Å². The van der Waals surface area contributed by atoms with Gasteiger partial charge in [0.05, 0.1) is 17.1 Å². The van der Waals surface area contributed by atoms with Crippen LogP contribution in [0.15, 0.2) is 18.5 Å². The molecule has 0 aromatic carbocycles. The van der Waals surface area contributed by atoms with Crippen LogP contribution < -0.4 is 4.90 Å². The van der Waals surface area contributed by atoms with Crippen LogP contribution in [0.3, 0.4) is 0 Å². The summed E-state index contributed by atoms with van der Waals surface area (Å²) in [5.41, 5.74) is -0.281. The predicted molar refractivity (Wildman–Crippen MR) is 123 cm³/mol. The van der Waals surface area contributed by atoms with E-state index >= 15 is 0 Å². The molecule has 0 unspecified atom stereocenters. The molecule has 0 aliphatic carbocycles. The van der Waals surface area contributed by atoms with Gasteiger partial charge in [-0.05, 0) is 51.4 Å². The summed E-state index contributed by atoms with van der Waals surface area (Å²) >= 11 is 0. The van der Waals surface area contributed by atoms with Gasteiger partial charge in [0, 0.05) is 24.8 Å². The molecule has 2 atom stereocenters. The third-order valence-corrected chi connectivity index (χ3v) is 10.9. The van der Waals surface area contributed by atoms with Crippen molar-refractivity contribution < 1.29 is 19.3 Å². The van der Waals surface area contributed by atoms with Gasteiger partial charge in [-0.15, -0.1) is 0 Å². The van der Waals surface area contributed by atoms with Gasteiger partial charge in [0.2, 0.25) is 0 Å².